The summed E-state index contributed by atoms with van der Waals surface area (Å²) in [7, 11) is -1.92. The fraction of sp³-hybridized carbons (Fsp3) is 0.880. The van der Waals surface area contributed by atoms with E-state index in [1.807, 2.05) is 0 Å². The maximum atomic E-state index is 11.5. The van der Waals surface area contributed by atoms with Crippen molar-refractivity contribution in [3.63, 3.8) is 0 Å². The van der Waals surface area contributed by atoms with Gasteiger partial charge >= 0.3 is 6.09 Å². The summed E-state index contributed by atoms with van der Waals surface area (Å²) in [5, 5.41) is 3.05. The lowest BCUT2D eigenvalue weighted by Crippen LogP contribution is -2.49. The summed E-state index contributed by atoms with van der Waals surface area (Å²) in [5.74, 6) is 0. The monoisotopic (exact) mass is 439 g/mol. The van der Waals surface area contributed by atoms with Crippen molar-refractivity contribution in [2.45, 2.75) is 135 Å². The first kappa shape index (κ1) is 27.2. The number of rotatable bonds is 16. The topological polar surface area (TPSA) is 47.6 Å². The molecule has 0 radical (unpaired) electrons. The molecule has 0 aliphatic carbocycles. The standard InChI is InChI=1S/C25H49NO3Si/c1-7-8-9-10-11-12-13-14-15-16-17-18-19-20-23(22-21-28-24(27)26-22)29-30(5,6)25(2,3)4/h19-20,22-23H,7-18,21H2,1-6H3,(H,26,27). The lowest BCUT2D eigenvalue weighted by Gasteiger charge is -2.39. The second kappa shape index (κ2) is 14.3. The average molecular weight is 440 g/mol. The van der Waals surface area contributed by atoms with Crippen LogP contribution in [-0.2, 0) is 9.16 Å². The van der Waals surface area contributed by atoms with Gasteiger partial charge < -0.3 is 14.5 Å². The van der Waals surface area contributed by atoms with Crippen LogP contribution in [0.15, 0.2) is 12.2 Å². The van der Waals surface area contributed by atoms with E-state index in [4.69, 9.17) is 9.16 Å². The maximum absolute atomic E-state index is 11.5. The molecule has 2 atom stereocenters. The summed E-state index contributed by atoms with van der Waals surface area (Å²) in [4.78, 5) is 11.5. The molecule has 30 heavy (non-hydrogen) atoms. The van der Waals surface area contributed by atoms with Crippen LogP contribution in [0.1, 0.15) is 105 Å². The van der Waals surface area contributed by atoms with Crippen molar-refractivity contribution in [1.82, 2.24) is 5.32 Å². The van der Waals surface area contributed by atoms with Crippen LogP contribution in [0, 0.1) is 0 Å². The predicted molar refractivity (Wildman–Crippen MR) is 131 cm³/mol. The van der Waals surface area contributed by atoms with Gasteiger partial charge in [0.25, 0.3) is 0 Å². The third kappa shape index (κ3) is 11.0. The minimum Gasteiger partial charge on any atom is -0.447 e. The molecule has 0 aromatic heterocycles. The lowest BCUT2D eigenvalue weighted by atomic mass is 10.0. The highest BCUT2D eigenvalue weighted by atomic mass is 28.4. The molecular weight excluding hydrogens is 390 g/mol. The number of hydrogen-bond donors (Lipinski definition) is 1. The Morgan fingerprint density at radius 2 is 1.57 bits per heavy atom. The Morgan fingerprint density at radius 3 is 2.03 bits per heavy atom. The molecule has 2 unspecified atom stereocenters. The SMILES string of the molecule is CCCCCCCCCCCCCC=CC(O[Si](C)(C)C(C)(C)C)C1COC(=O)N1. The molecule has 0 aromatic rings. The number of allylic oxidation sites excluding steroid dienone is 1. The van der Waals surface area contributed by atoms with Crippen molar-refractivity contribution in [1.29, 1.82) is 0 Å². The molecule has 1 rings (SSSR count). The Morgan fingerprint density at radius 1 is 1.03 bits per heavy atom. The number of hydrogen-bond acceptors (Lipinski definition) is 3. The van der Waals surface area contributed by atoms with Crippen LogP contribution in [0.4, 0.5) is 4.79 Å². The number of alkyl carbamates (subject to hydrolysis) is 1. The van der Waals surface area contributed by atoms with E-state index in [2.05, 4.69) is 58.3 Å². The van der Waals surface area contributed by atoms with E-state index in [1.54, 1.807) is 0 Å². The van der Waals surface area contributed by atoms with Crippen molar-refractivity contribution < 1.29 is 14.0 Å². The Balaban J connectivity index is 2.28. The fourth-order valence-electron chi connectivity index (χ4n) is 3.51. The van der Waals surface area contributed by atoms with Gasteiger partial charge in [-0.2, -0.15) is 0 Å². The lowest BCUT2D eigenvalue weighted by molar-refractivity contribution is 0.160. The zero-order valence-electron chi connectivity index (χ0n) is 20.7. The van der Waals surface area contributed by atoms with Crippen LogP contribution in [0.25, 0.3) is 0 Å². The number of nitrogens with one attached hydrogen (secondary N) is 1. The number of amides is 1. The predicted octanol–water partition coefficient (Wildman–Crippen LogP) is 7.74. The van der Waals surface area contributed by atoms with Crippen molar-refractivity contribution >= 4 is 14.4 Å². The molecule has 0 spiro atoms. The van der Waals surface area contributed by atoms with Gasteiger partial charge in [-0.3, -0.25) is 0 Å². The van der Waals surface area contributed by atoms with Crippen LogP contribution in [-0.4, -0.2) is 33.2 Å². The molecule has 1 fully saturated rings. The number of ether oxygens (including phenoxy) is 1. The number of cyclic esters (lactones) is 1. The Hall–Kier alpha value is -0.813. The van der Waals surface area contributed by atoms with Crippen LogP contribution >= 0.6 is 0 Å². The van der Waals surface area contributed by atoms with E-state index in [9.17, 15) is 4.79 Å². The molecule has 0 aromatic carbocycles. The molecule has 1 amide bonds. The van der Waals surface area contributed by atoms with Gasteiger partial charge in [0.1, 0.15) is 6.61 Å². The highest BCUT2D eigenvalue weighted by molar-refractivity contribution is 6.74. The Bertz CT molecular complexity index is 499. The van der Waals surface area contributed by atoms with E-state index in [0.717, 1.165) is 6.42 Å². The third-order valence-corrected chi connectivity index (χ3v) is 11.1. The fourth-order valence-corrected chi connectivity index (χ4v) is 4.78. The van der Waals surface area contributed by atoms with Crippen molar-refractivity contribution in [2.75, 3.05) is 6.61 Å². The van der Waals surface area contributed by atoms with Crippen LogP contribution in [0.3, 0.4) is 0 Å². The summed E-state index contributed by atoms with van der Waals surface area (Å²) in [6.45, 7) is 13.9. The van der Waals surface area contributed by atoms with Crippen molar-refractivity contribution in [3.8, 4) is 0 Å². The van der Waals surface area contributed by atoms with Gasteiger partial charge in [0, 0.05) is 0 Å². The van der Waals surface area contributed by atoms with E-state index >= 15 is 0 Å². The molecule has 1 aliphatic heterocycles. The number of carbonyl (C=O) groups is 1. The van der Waals surface area contributed by atoms with E-state index in [1.165, 1.54) is 70.6 Å². The first-order valence-electron chi connectivity index (χ1n) is 12.4. The first-order valence-corrected chi connectivity index (χ1v) is 15.4. The van der Waals surface area contributed by atoms with Gasteiger partial charge in [-0.25, -0.2) is 4.79 Å². The normalized spacial score (nSPS) is 18.6. The van der Waals surface area contributed by atoms with Crippen molar-refractivity contribution in [3.05, 3.63) is 12.2 Å². The first-order chi connectivity index (χ1) is 14.2. The van der Waals surface area contributed by atoms with Gasteiger partial charge in [0.05, 0.1) is 12.1 Å². The molecule has 0 saturated carbocycles. The van der Waals surface area contributed by atoms with Crippen LogP contribution in [0.5, 0.6) is 0 Å². The maximum Gasteiger partial charge on any atom is 0.407 e. The largest absolute Gasteiger partial charge is 0.447 e. The van der Waals surface area contributed by atoms with Crippen molar-refractivity contribution in [2.24, 2.45) is 0 Å². The summed E-state index contributed by atoms with van der Waals surface area (Å²) < 4.78 is 11.7. The second-order valence-corrected chi connectivity index (χ2v) is 15.2. The molecule has 5 heteroatoms. The summed E-state index contributed by atoms with van der Waals surface area (Å²) in [5.41, 5.74) is 0. The zero-order valence-corrected chi connectivity index (χ0v) is 21.7. The molecule has 1 heterocycles. The quantitative estimate of drug-likeness (QED) is 0.152. The molecule has 4 nitrogen and oxygen atoms in total. The van der Waals surface area contributed by atoms with Gasteiger partial charge in [0.15, 0.2) is 8.32 Å². The summed E-state index contributed by atoms with van der Waals surface area (Å²) >= 11 is 0. The van der Waals surface area contributed by atoms with Crippen LogP contribution < -0.4 is 5.32 Å². The minimum absolute atomic E-state index is 0.0831. The Labute approximate surface area is 187 Å². The van der Waals surface area contributed by atoms with Gasteiger partial charge in [-0.1, -0.05) is 104 Å². The summed E-state index contributed by atoms with van der Waals surface area (Å²) in [6, 6.07) is -0.0831. The van der Waals surface area contributed by atoms with E-state index < -0.39 is 8.32 Å². The molecule has 1 saturated heterocycles. The van der Waals surface area contributed by atoms with Gasteiger partial charge in [-0.05, 0) is 31.0 Å². The smallest absolute Gasteiger partial charge is 0.407 e. The minimum atomic E-state index is -1.92. The average Bonchev–Trinajstić information content (AvgIpc) is 3.10. The molecule has 1 N–H and O–H groups in total. The molecule has 0 bridgehead atoms. The van der Waals surface area contributed by atoms with Crippen LogP contribution in [0.2, 0.25) is 18.1 Å². The summed E-state index contributed by atoms with van der Waals surface area (Å²) in [6.07, 6.45) is 20.1. The second-order valence-electron chi connectivity index (χ2n) is 10.4. The van der Waals surface area contributed by atoms with Gasteiger partial charge in [-0.15, -0.1) is 0 Å². The Kier molecular flexibility index (Phi) is 13.0. The number of unbranched alkanes of at least 4 members (excludes halogenated alkanes) is 11. The zero-order chi connectivity index (χ0) is 22.5. The third-order valence-electron chi connectivity index (χ3n) is 6.63. The number of carbonyl (C=O) groups excluding carboxylic acids is 1. The molecular formula is C25H49NO3Si. The van der Waals surface area contributed by atoms with E-state index in [0.29, 0.717) is 6.61 Å². The highest BCUT2D eigenvalue weighted by Gasteiger charge is 2.41. The van der Waals surface area contributed by atoms with E-state index in [-0.39, 0.29) is 23.3 Å². The highest BCUT2D eigenvalue weighted by Crippen LogP contribution is 2.38. The molecule has 1 aliphatic rings. The van der Waals surface area contributed by atoms with Gasteiger partial charge in [0.2, 0.25) is 0 Å². The molecule has 176 valence electrons.